The number of hydrogen-bond acceptors (Lipinski definition) is 3. The van der Waals surface area contributed by atoms with Crippen LogP contribution in [0.5, 0.6) is 0 Å². The fourth-order valence-electron chi connectivity index (χ4n) is 0.166. The standard InChI is InChI=1S/C3H7NO2.Au/c1-4-2-3(5)6;/h4H,2H2,1H3,(H,5,6);/q;+1/p-1. The predicted octanol–water partition coefficient (Wildman–Crippen LogP) is -0.789. The van der Waals surface area contributed by atoms with Crippen LogP contribution in [0.4, 0.5) is 0 Å². The third-order valence-corrected chi connectivity index (χ3v) is 0.883. The fraction of sp³-hybridized carbons (Fsp3) is 0.667. The Hall–Kier alpha value is 0.170. The Bertz CT molecular complexity index is 66.0. The van der Waals surface area contributed by atoms with Crippen LogP contribution in [0.15, 0.2) is 0 Å². The van der Waals surface area contributed by atoms with Crippen molar-refractivity contribution in [3.05, 3.63) is 0 Å². The molecule has 0 radical (unpaired) electrons. The molecule has 0 spiro atoms. The first-order chi connectivity index (χ1) is 3.31. The van der Waals surface area contributed by atoms with Crippen molar-refractivity contribution in [2.75, 3.05) is 13.6 Å². The van der Waals surface area contributed by atoms with E-state index in [4.69, 9.17) is 0 Å². The molecule has 0 aliphatic carbocycles. The van der Waals surface area contributed by atoms with Gasteiger partial charge in [-0.15, -0.1) is 0 Å². The van der Waals surface area contributed by atoms with Gasteiger partial charge in [-0.2, -0.15) is 0 Å². The minimum atomic E-state index is -0.258. The van der Waals surface area contributed by atoms with Crippen LogP contribution in [0.2, 0.25) is 0 Å². The van der Waals surface area contributed by atoms with E-state index in [-0.39, 0.29) is 12.5 Å². The summed E-state index contributed by atoms with van der Waals surface area (Å²) in [4.78, 5) is 10.1. The van der Waals surface area contributed by atoms with Gasteiger partial charge < -0.3 is 0 Å². The van der Waals surface area contributed by atoms with Crippen molar-refractivity contribution >= 4 is 5.97 Å². The van der Waals surface area contributed by atoms with Gasteiger partial charge in [0, 0.05) is 0 Å². The van der Waals surface area contributed by atoms with Gasteiger partial charge in [-0.25, -0.2) is 0 Å². The Balaban J connectivity index is 3.00. The minimum absolute atomic E-state index is 0.258. The van der Waals surface area contributed by atoms with E-state index in [1.54, 1.807) is 28.5 Å². The molecule has 0 saturated heterocycles. The first kappa shape index (κ1) is 7.17. The molecule has 0 heterocycles. The summed E-state index contributed by atoms with van der Waals surface area (Å²) in [6, 6.07) is 0. The molecule has 0 rings (SSSR count). The summed E-state index contributed by atoms with van der Waals surface area (Å²) in [7, 11) is 1.69. The number of carbonyl (C=O) groups is 1. The zero-order valence-corrected chi connectivity index (χ0v) is 5.99. The monoisotopic (exact) mass is 285 g/mol. The number of likely N-dealkylation sites (N-methyl/N-ethyl adjacent to an activating group) is 1. The van der Waals surface area contributed by atoms with Crippen LogP contribution in [0.25, 0.3) is 0 Å². The molecule has 0 aliphatic rings. The Morgan fingerprint density at radius 2 is 2.57 bits per heavy atom. The molecule has 3 nitrogen and oxygen atoms in total. The van der Waals surface area contributed by atoms with Gasteiger partial charge in [0.2, 0.25) is 0 Å². The summed E-state index contributed by atoms with van der Waals surface area (Å²) < 4.78 is 4.23. The summed E-state index contributed by atoms with van der Waals surface area (Å²) in [6.07, 6.45) is 0. The van der Waals surface area contributed by atoms with Gasteiger partial charge in [-0.3, -0.25) is 0 Å². The first-order valence-electron chi connectivity index (χ1n) is 1.74. The molecule has 46 valence electrons. The van der Waals surface area contributed by atoms with Crippen molar-refractivity contribution in [1.29, 1.82) is 0 Å². The van der Waals surface area contributed by atoms with Crippen LogP contribution in [0, 0.1) is 0 Å². The maximum absolute atomic E-state index is 10.1. The van der Waals surface area contributed by atoms with Crippen molar-refractivity contribution in [3.8, 4) is 0 Å². The second-order valence-corrected chi connectivity index (χ2v) is 1.41. The molecule has 4 heteroatoms. The molecule has 0 aliphatic heterocycles. The Labute approximate surface area is 54.8 Å². The third-order valence-electron chi connectivity index (χ3n) is 0.390. The second-order valence-electron chi connectivity index (χ2n) is 0.964. The number of carbonyl (C=O) groups excluding carboxylic acids is 1. The van der Waals surface area contributed by atoms with Gasteiger partial charge in [0.25, 0.3) is 0 Å². The predicted molar refractivity (Wildman–Crippen MR) is 20.0 cm³/mol. The van der Waals surface area contributed by atoms with Gasteiger partial charge in [-0.05, 0) is 0 Å². The van der Waals surface area contributed by atoms with E-state index in [0.717, 1.165) is 0 Å². The average Bonchev–Trinajstić information content (AvgIpc) is 1.68. The van der Waals surface area contributed by atoms with Crippen LogP contribution in [-0.2, 0) is 29.5 Å². The van der Waals surface area contributed by atoms with E-state index in [9.17, 15) is 4.79 Å². The molecule has 0 bridgehead atoms. The van der Waals surface area contributed by atoms with E-state index >= 15 is 0 Å². The summed E-state index contributed by atoms with van der Waals surface area (Å²) in [6.45, 7) is 0.274. The van der Waals surface area contributed by atoms with E-state index in [1.807, 2.05) is 0 Å². The number of hydrogen-bond donors (Lipinski definition) is 1. The van der Waals surface area contributed by atoms with Gasteiger partial charge in [0.1, 0.15) is 0 Å². The fourth-order valence-corrected chi connectivity index (χ4v) is 0.322. The van der Waals surface area contributed by atoms with Gasteiger partial charge in [0.15, 0.2) is 0 Å². The van der Waals surface area contributed by atoms with Crippen molar-refractivity contribution in [1.82, 2.24) is 5.32 Å². The molecule has 0 unspecified atom stereocenters. The molecule has 0 atom stereocenters. The van der Waals surface area contributed by atoms with E-state index < -0.39 is 0 Å². The van der Waals surface area contributed by atoms with Crippen molar-refractivity contribution in [2.45, 2.75) is 0 Å². The van der Waals surface area contributed by atoms with Crippen molar-refractivity contribution < 1.29 is 29.5 Å². The quantitative estimate of drug-likeness (QED) is 0.676. The van der Waals surface area contributed by atoms with Gasteiger partial charge >= 0.3 is 54.4 Å². The summed E-state index contributed by atoms with van der Waals surface area (Å²) in [5.41, 5.74) is 0. The zero-order valence-electron chi connectivity index (χ0n) is 3.83. The van der Waals surface area contributed by atoms with E-state index in [0.29, 0.717) is 0 Å². The Kier molecular flexibility index (Phi) is 4.44. The SMILES string of the molecule is CNCC(=O)[O][Au]. The van der Waals surface area contributed by atoms with Crippen molar-refractivity contribution in [3.63, 3.8) is 0 Å². The van der Waals surface area contributed by atoms with Crippen LogP contribution in [0.3, 0.4) is 0 Å². The molecule has 1 N–H and O–H groups in total. The summed E-state index contributed by atoms with van der Waals surface area (Å²) in [5, 5.41) is 2.63. The second kappa shape index (κ2) is 4.33. The molecule has 0 aromatic rings. The Morgan fingerprint density at radius 1 is 2.00 bits per heavy atom. The topological polar surface area (TPSA) is 38.3 Å². The zero-order chi connectivity index (χ0) is 5.70. The maximum atomic E-state index is 10.1. The molecular weight excluding hydrogens is 279 g/mol. The number of nitrogens with one attached hydrogen (secondary N) is 1. The third kappa shape index (κ3) is 4.01. The molecule has 7 heavy (non-hydrogen) atoms. The Morgan fingerprint density at radius 3 is 2.71 bits per heavy atom. The van der Waals surface area contributed by atoms with Gasteiger partial charge in [0.05, 0.1) is 0 Å². The molecule has 0 saturated carbocycles. The molecule has 0 fully saturated rings. The molecule has 0 amide bonds. The van der Waals surface area contributed by atoms with Crippen LogP contribution >= 0.6 is 0 Å². The van der Waals surface area contributed by atoms with Crippen molar-refractivity contribution in [2.24, 2.45) is 0 Å². The summed E-state index contributed by atoms with van der Waals surface area (Å²) in [5.74, 6) is -0.258. The first-order valence-corrected chi connectivity index (χ1v) is 2.62. The molecule has 0 aromatic heterocycles. The van der Waals surface area contributed by atoms with Gasteiger partial charge in [-0.1, -0.05) is 0 Å². The summed E-state index contributed by atoms with van der Waals surface area (Å²) >= 11 is 1.71. The molecule has 0 aromatic carbocycles. The molecular formula is C3H6AuNO2. The van der Waals surface area contributed by atoms with E-state index in [1.165, 1.54) is 0 Å². The normalized spacial score (nSPS) is 8.43. The average molecular weight is 285 g/mol. The van der Waals surface area contributed by atoms with E-state index in [2.05, 4.69) is 8.56 Å². The van der Waals surface area contributed by atoms with Crippen LogP contribution in [0.1, 0.15) is 0 Å². The van der Waals surface area contributed by atoms with Crippen LogP contribution in [-0.4, -0.2) is 19.6 Å². The van der Waals surface area contributed by atoms with Crippen LogP contribution < -0.4 is 5.32 Å². The number of rotatable bonds is 2.